The second-order valence-electron chi connectivity index (χ2n) is 4.76. The molecule has 0 N–H and O–H groups in total. The molecule has 1 heterocycles. The van der Waals surface area contributed by atoms with Crippen LogP contribution in [0.15, 0.2) is 42.5 Å². The van der Waals surface area contributed by atoms with Crippen molar-refractivity contribution in [3.05, 3.63) is 64.6 Å². The Kier molecular flexibility index (Phi) is 3.73. The molecule has 2 aromatic carbocycles. The van der Waals surface area contributed by atoms with E-state index in [4.69, 9.17) is 11.6 Å². The summed E-state index contributed by atoms with van der Waals surface area (Å²) < 4.78 is 15.6. The third-order valence-corrected chi connectivity index (χ3v) is 3.57. The van der Waals surface area contributed by atoms with E-state index in [0.717, 1.165) is 5.56 Å². The fraction of sp³-hybridized carbons (Fsp3) is 0.0625. The molecule has 6 heteroatoms. The van der Waals surface area contributed by atoms with Gasteiger partial charge in [0.1, 0.15) is 11.5 Å². The molecule has 0 aliphatic carbocycles. The first-order chi connectivity index (χ1) is 10.6. The van der Waals surface area contributed by atoms with Crippen LogP contribution in [0.3, 0.4) is 0 Å². The normalized spacial score (nSPS) is 10.7. The molecular formula is C16H11ClFN3O. The van der Waals surface area contributed by atoms with Crippen LogP contribution in [0.4, 0.5) is 4.39 Å². The van der Waals surface area contributed by atoms with Crippen LogP contribution >= 0.6 is 11.6 Å². The maximum atomic E-state index is 14.1. The number of halogens is 2. The van der Waals surface area contributed by atoms with Crippen LogP contribution in [-0.4, -0.2) is 21.3 Å². The summed E-state index contributed by atoms with van der Waals surface area (Å²) in [4.78, 5) is 11.2. The maximum absolute atomic E-state index is 14.1. The Morgan fingerprint density at radius 3 is 2.73 bits per heavy atom. The average molecular weight is 316 g/mol. The smallest absolute Gasteiger partial charge is 0.172 e. The molecule has 110 valence electrons. The topological polar surface area (TPSA) is 47.8 Å². The standard InChI is InChI=1S/C16H11ClFN3O/c1-10-6-7-11(17)8-15(10)21-16(14(9-22)19-20-21)12-4-2-3-5-13(12)18/h2-9H,1H3. The first-order valence-electron chi connectivity index (χ1n) is 6.54. The number of aldehydes is 1. The zero-order valence-electron chi connectivity index (χ0n) is 11.6. The molecule has 0 saturated carbocycles. The number of rotatable bonds is 3. The molecule has 0 aliphatic rings. The molecule has 4 nitrogen and oxygen atoms in total. The van der Waals surface area contributed by atoms with Crippen LogP contribution in [0, 0.1) is 12.7 Å². The minimum atomic E-state index is -0.450. The Hall–Kier alpha value is -2.53. The molecule has 3 aromatic rings. The number of carbonyl (C=O) groups excluding carboxylic acids is 1. The number of aromatic nitrogens is 3. The van der Waals surface area contributed by atoms with E-state index in [1.165, 1.54) is 10.7 Å². The number of hydrogen-bond acceptors (Lipinski definition) is 3. The van der Waals surface area contributed by atoms with E-state index < -0.39 is 5.82 Å². The van der Waals surface area contributed by atoms with Crippen molar-refractivity contribution in [2.24, 2.45) is 0 Å². The predicted octanol–water partition coefficient (Wildman–Crippen LogP) is 3.85. The molecule has 0 amide bonds. The number of nitrogens with zero attached hydrogens (tertiary/aromatic N) is 3. The fourth-order valence-corrected chi connectivity index (χ4v) is 2.42. The van der Waals surface area contributed by atoms with Gasteiger partial charge in [-0.05, 0) is 36.8 Å². The molecule has 3 rings (SSSR count). The van der Waals surface area contributed by atoms with Crippen LogP contribution in [0.2, 0.25) is 5.02 Å². The zero-order chi connectivity index (χ0) is 15.7. The van der Waals surface area contributed by atoms with Crippen molar-refractivity contribution in [3.8, 4) is 16.9 Å². The zero-order valence-corrected chi connectivity index (χ0v) is 12.4. The van der Waals surface area contributed by atoms with E-state index in [2.05, 4.69) is 10.3 Å². The summed E-state index contributed by atoms with van der Waals surface area (Å²) in [6.07, 6.45) is 0.561. The van der Waals surface area contributed by atoms with Gasteiger partial charge in [-0.25, -0.2) is 9.07 Å². The monoisotopic (exact) mass is 315 g/mol. The summed E-state index contributed by atoms with van der Waals surface area (Å²) in [6, 6.07) is 11.5. The Morgan fingerprint density at radius 1 is 1.23 bits per heavy atom. The molecule has 0 saturated heterocycles. The lowest BCUT2D eigenvalue weighted by Crippen LogP contribution is -2.03. The van der Waals surface area contributed by atoms with Crippen LogP contribution in [-0.2, 0) is 0 Å². The van der Waals surface area contributed by atoms with Gasteiger partial charge in [0.05, 0.1) is 5.69 Å². The highest BCUT2D eigenvalue weighted by Crippen LogP contribution is 2.29. The minimum absolute atomic E-state index is 0.0736. The van der Waals surface area contributed by atoms with E-state index >= 15 is 0 Å². The van der Waals surface area contributed by atoms with Crippen LogP contribution in [0.5, 0.6) is 0 Å². The fourth-order valence-electron chi connectivity index (χ4n) is 2.26. The number of hydrogen-bond donors (Lipinski definition) is 0. The highest BCUT2D eigenvalue weighted by atomic mass is 35.5. The lowest BCUT2D eigenvalue weighted by atomic mass is 10.1. The molecule has 22 heavy (non-hydrogen) atoms. The van der Waals surface area contributed by atoms with Crippen LogP contribution in [0.25, 0.3) is 16.9 Å². The number of carbonyl (C=O) groups is 1. The second-order valence-corrected chi connectivity index (χ2v) is 5.20. The van der Waals surface area contributed by atoms with Crippen molar-refractivity contribution in [3.63, 3.8) is 0 Å². The summed E-state index contributed by atoms with van der Waals surface area (Å²) >= 11 is 6.03. The quantitative estimate of drug-likeness (QED) is 0.690. The van der Waals surface area contributed by atoms with Crippen molar-refractivity contribution in [1.29, 1.82) is 0 Å². The third kappa shape index (κ3) is 2.40. The highest BCUT2D eigenvalue weighted by molar-refractivity contribution is 6.30. The van der Waals surface area contributed by atoms with Crippen LogP contribution < -0.4 is 0 Å². The van der Waals surface area contributed by atoms with Crippen molar-refractivity contribution in [2.45, 2.75) is 6.92 Å². The predicted molar refractivity (Wildman–Crippen MR) is 81.9 cm³/mol. The van der Waals surface area contributed by atoms with Gasteiger partial charge in [-0.1, -0.05) is 35.0 Å². The number of benzene rings is 2. The lowest BCUT2D eigenvalue weighted by Gasteiger charge is -2.10. The van der Waals surface area contributed by atoms with E-state index in [9.17, 15) is 9.18 Å². The number of aryl methyl sites for hydroxylation is 1. The van der Waals surface area contributed by atoms with Gasteiger partial charge < -0.3 is 0 Å². The van der Waals surface area contributed by atoms with Crippen molar-refractivity contribution in [1.82, 2.24) is 15.0 Å². The molecule has 0 atom stereocenters. The SMILES string of the molecule is Cc1ccc(Cl)cc1-n1nnc(C=O)c1-c1ccccc1F. The summed E-state index contributed by atoms with van der Waals surface area (Å²) in [5, 5.41) is 8.34. The molecule has 0 bridgehead atoms. The van der Waals surface area contributed by atoms with Gasteiger partial charge in [0.25, 0.3) is 0 Å². The van der Waals surface area contributed by atoms with E-state index in [1.807, 2.05) is 13.0 Å². The highest BCUT2D eigenvalue weighted by Gasteiger charge is 2.19. The summed E-state index contributed by atoms with van der Waals surface area (Å²) in [5.74, 6) is -0.450. The molecule has 0 spiro atoms. The maximum Gasteiger partial charge on any atom is 0.172 e. The molecule has 0 aliphatic heterocycles. The summed E-state index contributed by atoms with van der Waals surface area (Å²) in [7, 11) is 0. The second kappa shape index (κ2) is 5.69. The third-order valence-electron chi connectivity index (χ3n) is 3.34. The van der Waals surface area contributed by atoms with E-state index in [-0.39, 0.29) is 11.3 Å². The van der Waals surface area contributed by atoms with Crippen LogP contribution in [0.1, 0.15) is 16.1 Å². The van der Waals surface area contributed by atoms with Gasteiger partial charge in [0.15, 0.2) is 12.0 Å². The van der Waals surface area contributed by atoms with Gasteiger partial charge in [-0.2, -0.15) is 0 Å². The minimum Gasteiger partial charge on any atom is -0.296 e. The molecular weight excluding hydrogens is 305 g/mol. The van der Waals surface area contributed by atoms with Gasteiger partial charge >= 0.3 is 0 Å². The van der Waals surface area contributed by atoms with Gasteiger partial charge in [0, 0.05) is 10.6 Å². The Balaban J connectivity index is 2.31. The molecule has 0 radical (unpaired) electrons. The van der Waals surface area contributed by atoms with Crippen molar-refractivity contribution >= 4 is 17.9 Å². The molecule has 0 fully saturated rings. The first-order valence-corrected chi connectivity index (χ1v) is 6.92. The van der Waals surface area contributed by atoms with Crippen molar-refractivity contribution < 1.29 is 9.18 Å². The van der Waals surface area contributed by atoms with Gasteiger partial charge in [-0.3, -0.25) is 4.79 Å². The van der Waals surface area contributed by atoms with Crippen molar-refractivity contribution in [2.75, 3.05) is 0 Å². The van der Waals surface area contributed by atoms with E-state index in [0.29, 0.717) is 22.7 Å². The Morgan fingerprint density at radius 2 is 2.00 bits per heavy atom. The van der Waals surface area contributed by atoms with Gasteiger partial charge in [-0.15, -0.1) is 5.10 Å². The molecule has 0 unspecified atom stereocenters. The summed E-state index contributed by atoms with van der Waals surface area (Å²) in [6.45, 7) is 1.87. The Bertz CT molecular complexity index is 860. The Labute approximate surface area is 131 Å². The molecule has 1 aromatic heterocycles. The summed E-state index contributed by atoms with van der Waals surface area (Å²) in [5.41, 5.74) is 2.16. The largest absolute Gasteiger partial charge is 0.296 e. The van der Waals surface area contributed by atoms with E-state index in [1.54, 1.807) is 30.3 Å². The lowest BCUT2D eigenvalue weighted by molar-refractivity contribution is 0.111. The first kappa shape index (κ1) is 14.4. The van der Waals surface area contributed by atoms with Gasteiger partial charge in [0.2, 0.25) is 0 Å². The average Bonchev–Trinajstić information content (AvgIpc) is 2.93.